The zero-order valence-electron chi connectivity index (χ0n) is 10.9. The van der Waals surface area contributed by atoms with Crippen molar-refractivity contribution in [3.05, 3.63) is 53.9 Å². The second kappa shape index (κ2) is 6.85. The zero-order valence-corrected chi connectivity index (χ0v) is 10.9. The fourth-order valence-electron chi connectivity index (χ4n) is 1.75. The summed E-state index contributed by atoms with van der Waals surface area (Å²) >= 11 is 0. The molecular weight excluding hydrogens is 282 g/mol. The molecule has 0 unspecified atom stereocenters. The van der Waals surface area contributed by atoms with Gasteiger partial charge in [-0.3, -0.25) is 4.79 Å². The Morgan fingerprint density at radius 3 is 2.57 bits per heavy atom. The van der Waals surface area contributed by atoms with Gasteiger partial charge in [0.15, 0.2) is 0 Å². The standard InChI is InChI=1S/C14H14F2N2O3/c15-14(16)21-10-5-3-9(4-6-10)12(19)8-18-13(20)11-2-1-7-17-11/h1-7,12,14,17,19H,8H2,(H,18,20)/t12-/m0/s1. The van der Waals surface area contributed by atoms with E-state index in [0.717, 1.165) is 0 Å². The molecule has 2 aromatic rings. The highest BCUT2D eigenvalue weighted by Crippen LogP contribution is 2.19. The molecular formula is C14H14F2N2O3. The molecule has 112 valence electrons. The molecule has 0 spiro atoms. The van der Waals surface area contributed by atoms with Gasteiger partial charge in [0.25, 0.3) is 5.91 Å². The van der Waals surface area contributed by atoms with Crippen molar-refractivity contribution in [2.45, 2.75) is 12.7 Å². The molecule has 7 heteroatoms. The van der Waals surface area contributed by atoms with Crippen LogP contribution in [0.4, 0.5) is 8.78 Å². The van der Waals surface area contributed by atoms with E-state index >= 15 is 0 Å². The van der Waals surface area contributed by atoms with Gasteiger partial charge in [-0.05, 0) is 29.8 Å². The SMILES string of the molecule is O=C(NC[C@H](O)c1ccc(OC(F)F)cc1)c1ccc[nH]1. The minimum Gasteiger partial charge on any atom is -0.435 e. The van der Waals surface area contributed by atoms with E-state index in [1.165, 1.54) is 24.3 Å². The van der Waals surface area contributed by atoms with E-state index in [9.17, 15) is 18.7 Å². The second-order valence-electron chi connectivity index (χ2n) is 4.26. The van der Waals surface area contributed by atoms with Gasteiger partial charge in [0.2, 0.25) is 0 Å². The lowest BCUT2D eigenvalue weighted by Gasteiger charge is -2.12. The summed E-state index contributed by atoms with van der Waals surface area (Å²) in [5.74, 6) is -0.326. The molecule has 1 atom stereocenters. The number of hydrogen-bond acceptors (Lipinski definition) is 3. The Bertz CT molecular complexity index is 570. The van der Waals surface area contributed by atoms with Crippen LogP contribution in [0, 0.1) is 0 Å². The molecule has 2 rings (SSSR count). The van der Waals surface area contributed by atoms with Crippen LogP contribution in [-0.4, -0.2) is 29.2 Å². The maximum atomic E-state index is 12.0. The third-order valence-electron chi connectivity index (χ3n) is 2.79. The van der Waals surface area contributed by atoms with E-state index in [4.69, 9.17) is 0 Å². The summed E-state index contributed by atoms with van der Waals surface area (Å²) in [7, 11) is 0. The molecule has 0 fully saturated rings. The van der Waals surface area contributed by atoms with E-state index in [1.54, 1.807) is 18.3 Å². The lowest BCUT2D eigenvalue weighted by atomic mass is 10.1. The van der Waals surface area contributed by atoms with Crippen LogP contribution in [0.3, 0.4) is 0 Å². The van der Waals surface area contributed by atoms with Crippen molar-refractivity contribution in [1.82, 2.24) is 10.3 Å². The Morgan fingerprint density at radius 1 is 1.29 bits per heavy atom. The average Bonchev–Trinajstić information content (AvgIpc) is 2.99. The molecule has 1 aromatic heterocycles. The Hall–Kier alpha value is -2.41. The van der Waals surface area contributed by atoms with Gasteiger partial charge in [-0.25, -0.2) is 0 Å². The van der Waals surface area contributed by atoms with Crippen molar-refractivity contribution in [2.75, 3.05) is 6.54 Å². The summed E-state index contributed by atoms with van der Waals surface area (Å²) in [5.41, 5.74) is 0.881. The minimum atomic E-state index is -2.89. The van der Waals surface area contributed by atoms with Gasteiger partial charge >= 0.3 is 6.61 Å². The van der Waals surface area contributed by atoms with Gasteiger partial charge in [-0.2, -0.15) is 8.78 Å². The van der Waals surface area contributed by atoms with Gasteiger partial charge in [-0.1, -0.05) is 12.1 Å². The molecule has 1 heterocycles. The number of benzene rings is 1. The number of aromatic nitrogens is 1. The number of aliphatic hydroxyl groups is 1. The molecule has 3 N–H and O–H groups in total. The summed E-state index contributed by atoms with van der Waals surface area (Å²) < 4.78 is 28.2. The molecule has 1 aromatic carbocycles. The van der Waals surface area contributed by atoms with Crippen LogP contribution in [0.15, 0.2) is 42.6 Å². The smallest absolute Gasteiger partial charge is 0.387 e. The first-order valence-electron chi connectivity index (χ1n) is 6.20. The quantitative estimate of drug-likeness (QED) is 0.764. The summed E-state index contributed by atoms with van der Waals surface area (Å²) in [4.78, 5) is 14.4. The number of amides is 1. The van der Waals surface area contributed by atoms with Gasteiger partial charge in [-0.15, -0.1) is 0 Å². The predicted octanol–water partition coefficient (Wildman–Crippen LogP) is 2.08. The van der Waals surface area contributed by atoms with Crippen LogP contribution in [0.25, 0.3) is 0 Å². The fourth-order valence-corrected chi connectivity index (χ4v) is 1.75. The molecule has 1 amide bonds. The molecule has 0 bridgehead atoms. The number of nitrogens with one attached hydrogen (secondary N) is 2. The Labute approximate surface area is 119 Å². The largest absolute Gasteiger partial charge is 0.435 e. The van der Waals surface area contributed by atoms with Crippen molar-refractivity contribution in [3.8, 4) is 5.75 Å². The summed E-state index contributed by atoms with van der Waals surface area (Å²) in [6, 6.07) is 8.88. The predicted molar refractivity (Wildman–Crippen MR) is 71.2 cm³/mol. The molecule has 0 saturated carbocycles. The summed E-state index contributed by atoms with van der Waals surface area (Å²) in [6.45, 7) is -2.88. The topological polar surface area (TPSA) is 74.3 Å². The van der Waals surface area contributed by atoms with Crippen molar-refractivity contribution in [1.29, 1.82) is 0 Å². The normalized spacial score (nSPS) is 12.2. The van der Waals surface area contributed by atoms with Crippen molar-refractivity contribution in [3.63, 3.8) is 0 Å². The first-order valence-corrected chi connectivity index (χ1v) is 6.20. The second-order valence-corrected chi connectivity index (χ2v) is 4.26. The molecule has 5 nitrogen and oxygen atoms in total. The number of carbonyl (C=O) groups is 1. The van der Waals surface area contributed by atoms with Gasteiger partial charge < -0.3 is 20.1 Å². The molecule has 0 aliphatic rings. The third-order valence-corrected chi connectivity index (χ3v) is 2.79. The van der Waals surface area contributed by atoms with E-state index in [1.807, 2.05) is 0 Å². The van der Waals surface area contributed by atoms with Crippen LogP contribution in [0.5, 0.6) is 5.75 Å². The molecule has 0 radical (unpaired) electrons. The highest BCUT2D eigenvalue weighted by molar-refractivity contribution is 5.92. The minimum absolute atomic E-state index is 0.00685. The average molecular weight is 296 g/mol. The Kier molecular flexibility index (Phi) is 4.89. The van der Waals surface area contributed by atoms with E-state index in [2.05, 4.69) is 15.0 Å². The summed E-state index contributed by atoms with van der Waals surface area (Å²) in [5, 5.41) is 12.5. The first kappa shape index (κ1) is 15.0. The molecule has 0 aliphatic carbocycles. The monoisotopic (exact) mass is 296 g/mol. The molecule has 0 aliphatic heterocycles. The zero-order chi connectivity index (χ0) is 15.2. The Balaban J connectivity index is 1.88. The van der Waals surface area contributed by atoms with E-state index < -0.39 is 12.7 Å². The number of carbonyl (C=O) groups excluding carboxylic acids is 1. The fraction of sp³-hybridized carbons (Fsp3) is 0.214. The lowest BCUT2D eigenvalue weighted by molar-refractivity contribution is -0.0498. The van der Waals surface area contributed by atoms with Crippen LogP contribution >= 0.6 is 0 Å². The third kappa shape index (κ3) is 4.28. The van der Waals surface area contributed by atoms with Gasteiger partial charge in [0.1, 0.15) is 11.4 Å². The number of hydrogen-bond donors (Lipinski definition) is 3. The van der Waals surface area contributed by atoms with Crippen molar-refractivity contribution in [2.24, 2.45) is 0 Å². The lowest BCUT2D eigenvalue weighted by Crippen LogP contribution is -2.28. The number of ether oxygens (including phenoxy) is 1. The van der Waals surface area contributed by atoms with Crippen LogP contribution in [0.2, 0.25) is 0 Å². The first-order chi connectivity index (χ1) is 10.1. The number of alkyl halides is 2. The highest BCUT2D eigenvalue weighted by Gasteiger charge is 2.12. The molecule has 0 saturated heterocycles. The van der Waals surface area contributed by atoms with Gasteiger partial charge in [0, 0.05) is 12.7 Å². The van der Waals surface area contributed by atoms with Crippen molar-refractivity contribution < 1.29 is 23.4 Å². The van der Waals surface area contributed by atoms with E-state index in [-0.39, 0.29) is 18.2 Å². The maximum absolute atomic E-state index is 12.0. The number of aromatic amines is 1. The number of aliphatic hydroxyl groups excluding tert-OH is 1. The number of H-pyrrole nitrogens is 1. The maximum Gasteiger partial charge on any atom is 0.387 e. The van der Waals surface area contributed by atoms with Crippen LogP contribution < -0.4 is 10.1 Å². The number of halogens is 2. The van der Waals surface area contributed by atoms with Crippen LogP contribution in [-0.2, 0) is 0 Å². The molecule has 21 heavy (non-hydrogen) atoms. The van der Waals surface area contributed by atoms with E-state index in [0.29, 0.717) is 11.3 Å². The van der Waals surface area contributed by atoms with Crippen molar-refractivity contribution >= 4 is 5.91 Å². The number of rotatable bonds is 6. The Morgan fingerprint density at radius 2 is 2.00 bits per heavy atom. The van der Waals surface area contributed by atoms with Crippen LogP contribution in [0.1, 0.15) is 22.2 Å². The summed E-state index contributed by atoms with van der Waals surface area (Å²) in [6.07, 6.45) is 0.678. The van der Waals surface area contributed by atoms with Gasteiger partial charge in [0.05, 0.1) is 6.10 Å². The highest BCUT2D eigenvalue weighted by atomic mass is 19.3.